The van der Waals surface area contributed by atoms with E-state index >= 15 is 0 Å². The highest BCUT2D eigenvalue weighted by Crippen LogP contribution is 2.28. The Hall–Kier alpha value is -1.40. The minimum atomic E-state index is -3.49. The van der Waals surface area contributed by atoms with E-state index in [0.717, 1.165) is 18.4 Å². The largest absolute Gasteiger partial charge is 0.343 e. The number of carbonyl (C=O) groups is 1. The van der Waals surface area contributed by atoms with Gasteiger partial charge in [-0.05, 0) is 49.3 Å². The molecule has 1 aliphatic heterocycles. The molecule has 0 aromatic heterocycles. The van der Waals surface area contributed by atoms with Crippen LogP contribution in [-0.2, 0) is 14.8 Å². The van der Waals surface area contributed by atoms with Crippen LogP contribution in [0.15, 0.2) is 29.2 Å². The van der Waals surface area contributed by atoms with Gasteiger partial charge in [0.1, 0.15) is 0 Å². The van der Waals surface area contributed by atoms with Gasteiger partial charge in [-0.3, -0.25) is 4.79 Å². The van der Waals surface area contributed by atoms with Gasteiger partial charge in [-0.2, -0.15) is 4.31 Å². The zero-order valence-corrected chi connectivity index (χ0v) is 19.7. The van der Waals surface area contributed by atoms with Gasteiger partial charge in [0, 0.05) is 32.1 Å². The van der Waals surface area contributed by atoms with Gasteiger partial charge >= 0.3 is 0 Å². The van der Waals surface area contributed by atoms with Crippen LogP contribution in [0.25, 0.3) is 0 Å². The topological polar surface area (TPSA) is 57.7 Å². The van der Waals surface area contributed by atoms with Gasteiger partial charge in [0.25, 0.3) is 0 Å². The molecule has 1 aromatic carbocycles. The van der Waals surface area contributed by atoms with Crippen LogP contribution in [0.5, 0.6) is 0 Å². The Labute approximate surface area is 182 Å². The molecular formula is C24H38N2O3S. The van der Waals surface area contributed by atoms with E-state index in [9.17, 15) is 13.2 Å². The number of hydrogen-bond acceptors (Lipinski definition) is 3. The summed E-state index contributed by atoms with van der Waals surface area (Å²) in [4.78, 5) is 15.4. The summed E-state index contributed by atoms with van der Waals surface area (Å²) in [6.07, 6.45) is 9.68. The van der Waals surface area contributed by atoms with E-state index in [-0.39, 0.29) is 11.8 Å². The molecular weight excluding hydrogens is 396 g/mol. The Bertz CT molecular complexity index is 788. The molecule has 0 spiro atoms. The number of rotatable bonds is 5. The Morgan fingerprint density at radius 1 is 0.933 bits per heavy atom. The highest BCUT2D eigenvalue weighted by atomic mass is 32.2. The Morgan fingerprint density at radius 3 is 2.00 bits per heavy atom. The van der Waals surface area contributed by atoms with Gasteiger partial charge in [-0.1, -0.05) is 58.1 Å². The van der Waals surface area contributed by atoms with Crippen molar-refractivity contribution >= 4 is 15.9 Å². The summed E-state index contributed by atoms with van der Waals surface area (Å²) in [6, 6.07) is 7.57. The van der Waals surface area contributed by atoms with Crippen molar-refractivity contribution in [2.75, 3.05) is 20.1 Å². The van der Waals surface area contributed by atoms with Crippen LogP contribution < -0.4 is 0 Å². The summed E-state index contributed by atoms with van der Waals surface area (Å²) < 4.78 is 27.6. The van der Waals surface area contributed by atoms with Crippen molar-refractivity contribution in [3.05, 3.63) is 29.8 Å². The van der Waals surface area contributed by atoms with Crippen molar-refractivity contribution in [3.63, 3.8) is 0 Å². The fraction of sp³-hybridized carbons (Fsp3) is 0.708. The lowest BCUT2D eigenvalue weighted by Gasteiger charge is -2.36. The number of nitrogens with zero attached hydrogens (tertiary/aromatic N) is 2. The molecule has 1 saturated heterocycles. The number of sulfonamides is 1. The maximum Gasteiger partial charge on any atom is 0.243 e. The summed E-state index contributed by atoms with van der Waals surface area (Å²) in [5, 5.41) is 0. The summed E-state index contributed by atoms with van der Waals surface area (Å²) >= 11 is 0. The molecule has 168 valence electrons. The van der Waals surface area contributed by atoms with Crippen molar-refractivity contribution in [1.29, 1.82) is 0 Å². The maximum absolute atomic E-state index is 13.1. The first-order valence-electron chi connectivity index (χ1n) is 11.7. The van der Waals surface area contributed by atoms with E-state index in [1.54, 1.807) is 16.4 Å². The van der Waals surface area contributed by atoms with Crippen molar-refractivity contribution in [1.82, 2.24) is 9.21 Å². The number of benzene rings is 1. The molecule has 0 unspecified atom stereocenters. The van der Waals surface area contributed by atoms with Crippen LogP contribution >= 0.6 is 0 Å². The molecule has 1 aliphatic carbocycles. The monoisotopic (exact) mass is 434 g/mol. The Balaban J connectivity index is 1.58. The predicted octanol–water partition coefficient (Wildman–Crippen LogP) is 4.78. The zero-order chi connectivity index (χ0) is 21.7. The van der Waals surface area contributed by atoms with Gasteiger partial charge in [0.2, 0.25) is 15.9 Å². The minimum Gasteiger partial charge on any atom is -0.343 e. The van der Waals surface area contributed by atoms with Crippen LogP contribution in [0, 0.1) is 5.92 Å². The van der Waals surface area contributed by atoms with Crippen molar-refractivity contribution in [2.45, 2.75) is 88.5 Å². The highest BCUT2D eigenvalue weighted by molar-refractivity contribution is 7.89. The molecule has 2 fully saturated rings. The summed E-state index contributed by atoms with van der Waals surface area (Å²) in [5.41, 5.74) is 1.13. The Kier molecular flexibility index (Phi) is 7.97. The van der Waals surface area contributed by atoms with Crippen molar-refractivity contribution in [2.24, 2.45) is 5.92 Å². The van der Waals surface area contributed by atoms with Crippen molar-refractivity contribution < 1.29 is 13.2 Å². The normalized spacial score (nSPS) is 20.7. The zero-order valence-electron chi connectivity index (χ0n) is 18.8. The number of piperidine rings is 1. The molecule has 3 rings (SSSR count). The van der Waals surface area contributed by atoms with E-state index < -0.39 is 10.0 Å². The molecule has 1 saturated carbocycles. The van der Waals surface area contributed by atoms with E-state index in [4.69, 9.17) is 0 Å². The molecule has 1 aromatic rings. The van der Waals surface area contributed by atoms with E-state index in [0.29, 0.717) is 42.8 Å². The molecule has 5 nitrogen and oxygen atoms in total. The molecule has 0 bridgehead atoms. The third-order valence-corrected chi connectivity index (χ3v) is 8.87. The number of hydrogen-bond donors (Lipinski definition) is 0. The molecule has 6 heteroatoms. The van der Waals surface area contributed by atoms with Gasteiger partial charge in [0.15, 0.2) is 0 Å². The summed E-state index contributed by atoms with van der Waals surface area (Å²) in [6.45, 7) is 5.03. The molecule has 0 N–H and O–H groups in total. The van der Waals surface area contributed by atoms with Crippen LogP contribution in [0.1, 0.15) is 83.1 Å². The van der Waals surface area contributed by atoms with Crippen molar-refractivity contribution in [3.8, 4) is 0 Å². The quantitative estimate of drug-likeness (QED) is 0.670. The van der Waals surface area contributed by atoms with Gasteiger partial charge in [0.05, 0.1) is 4.90 Å². The lowest BCUT2D eigenvalue weighted by molar-refractivity contribution is -0.138. The van der Waals surface area contributed by atoms with E-state index in [1.807, 2.05) is 24.1 Å². The van der Waals surface area contributed by atoms with Gasteiger partial charge in [-0.25, -0.2) is 8.42 Å². The summed E-state index contributed by atoms with van der Waals surface area (Å²) in [5.74, 6) is 0.521. The molecule has 30 heavy (non-hydrogen) atoms. The number of carbonyl (C=O) groups excluding carboxylic acids is 1. The lowest BCUT2D eigenvalue weighted by atomic mass is 9.92. The SMILES string of the molecule is CC(C)c1ccc(S(=O)(=O)N2CCC(C(=O)N(C)C3CCCCCCC3)CC2)cc1. The third-order valence-electron chi connectivity index (χ3n) is 6.96. The van der Waals surface area contributed by atoms with Crippen LogP contribution in [0.4, 0.5) is 0 Å². The molecule has 0 atom stereocenters. The first-order valence-corrected chi connectivity index (χ1v) is 13.1. The molecule has 0 radical (unpaired) electrons. The standard InChI is InChI=1S/C24H38N2O3S/c1-19(2)20-11-13-23(14-12-20)30(28,29)26-17-15-21(16-18-26)24(27)25(3)22-9-7-5-4-6-8-10-22/h11-14,19,21-22H,4-10,15-18H2,1-3H3. The Morgan fingerprint density at radius 2 is 1.47 bits per heavy atom. The van der Waals surface area contributed by atoms with Gasteiger partial charge in [-0.15, -0.1) is 0 Å². The first-order chi connectivity index (χ1) is 14.3. The second kappa shape index (κ2) is 10.3. The second-order valence-corrected chi connectivity index (χ2v) is 11.3. The van der Waals surface area contributed by atoms with E-state index in [1.165, 1.54) is 32.1 Å². The molecule has 2 aliphatic rings. The number of amides is 1. The van der Waals surface area contributed by atoms with E-state index in [2.05, 4.69) is 13.8 Å². The fourth-order valence-corrected chi connectivity index (χ4v) is 6.28. The molecule has 1 amide bonds. The van der Waals surface area contributed by atoms with Crippen LogP contribution in [0.3, 0.4) is 0 Å². The predicted molar refractivity (Wildman–Crippen MR) is 121 cm³/mol. The minimum absolute atomic E-state index is 0.0600. The van der Waals surface area contributed by atoms with Crippen LogP contribution in [0.2, 0.25) is 0 Å². The first kappa shape index (κ1) is 23.3. The van der Waals surface area contributed by atoms with Crippen LogP contribution in [-0.4, -0.2) is 49.7 Å². The fourth-order valence-electron chi connectivity index (χ4n) is 4.81. The average Bonchev–Trinajstić information content (AvgIpc) is 2.72. The molecule has 1 heterocycles. The third kappa shape index (κ3) is 5.44. The second-order valence-electron chi connectivity index (χ2n) is 9.35. The smallest absolute Gasteiger partial charge is 0.243 e. The lowest BCUT2D eigenvalue weighted by Crippen LogP contribution is -2.46. The van der Waals surface area contributed by atoms with Gasteiger partial charge < -0.3 is 4.90 Å². The summed E-state index contributed by atoms with van der Waals surface area (Å²) in [7, 11) is -1.54. The average molecular weight is 435 g/mol. The highest BCUT2D eigenvalue weighted by Gasteiger charge is 2.34. The maximum atomic E-state index is 13.1.